The fourth-order valence-electron chi connectivity index (χ4n) is 4.28. The quantitative estimate of drug-likeness (QED) is 0.251. The SMILES string of the molecule is CN(C)CC(C)(C)CNC(=O)[C@H](CSc1ccccc1)NC(=O)c1ccc2nc(-c3ccncc3)[nH]c2c1. The van der Waals surface area contributed by atoms with Crippen LogP contribution in [0.1, 0.15) is 24.2 Å². The minimum atomic E-state index is -0.701. The molecular weight excluding hydrogens is 496 g/mol. The molecule has 0 aliphatic heterocycles. The van der Waals surface area contributed by atoms with E-state index in [1.807, 2.05) is 62.6 Å². The number of H-pyrrole nitrogens is 1. The van der Waals surface area contributed by atoms with Crippen molar-refractivity contribution < 1.29 is 9.59 Å². The van der Waals surface area contributed by atoms with E-state index in [1.165, 1.54) is 11.8 Å². The molecule has 2 aromatic heterocycles. The molecule has 4 aromatic rings. The first kappa shape index (κ1) is 27.3. The molecule has 0 unspecified atom stereocenters. The lowest BCUT2D eigenvalue weighted by atomic mass is 9.93. The number of carbonyl (C=O) groups is 2. The predicted molar refractivity (Wildman–Crippen MR) is 153 cm³/mol. The summed E-state index contributed by atoms with van der Waals surface area (Å²) >= 11 is 1.54. The number of amides is 2. The third kappa shape index (κ3) is 7.43. The molecule has 1 atom stereocenters. The van der Waals surface area contributed by atoms with Crippen molar-refractivity contribution in [1.82, 2.24) is 30.5 Å². The van der Waals surface area contributed by atoms with Crippen molar-refractivity contribution in [3.63, 3.8) is 0 Å². The number of hydrogen-bond donors (Lipinski definition) is 3. The van der Waals surface area contributed by atoms with Crippen molar-refractivity contribution >= 4 is 34.6 Å². The van der Waals surface area contributed by atoms with Crippen LogP contribution in [0.3, 0.4) is 0 Å². The number of thioether (sulfide) groups is 1. The Labute approximate surface area is 227 Å². The Kier molecular flexibility index (Phi) is 8.81. The Balaban J connectivity index is 1.49. The van der Waals surface area contributed by atoms with Crippen LogP contribution >= 0.6 is 11.8 Å². The van der Waals surface area contributed by atoms with Gasteiger partial charge in [-0.25, -0.2) is 4.98 Å². The average Bonchev–Trinajstić information content (AvgIpc) is 3.33. The maximum atomic E-state index is 13.3. The van der Waals surface area contributed by atoms with Crippen LogP contribution in [0, 0.1) is 5.41 Å². The zero-order chi connectivity index (χ0) is 27.1. The predicted octanol–water partition coefficient (Wildman–Crippen LogP) is 4.22. The van der Waals surface area contributed by atoms with Gasteiger partial charge in [0.15, 0.2) is 0 Å². The summed E-state index contributed by atoms with van der Waals surface area (Å²) in [6.45, 7) is 5.55. The second kappa shape index (κ2) is 12.2. The number of nitrogens with zero attached hydrogens (tertiary/aromatic N) is 3. The lowest BCUT2D eigenvalue weighted by molar-refractivity contribution is -0.122. The second-order valence-corrected chi connectivity index (χ2v) is 11.4. The Morgan fingerprint density at radius 1 is 1.05 bits per heavy atom. The topological polar surface area (TPSA) is 103 Å². The summed E-state index contributed by atoms with van der Waals surface area (Å²) in [5, 5.41) is 6.02. The van der Waals surface area contributed by atoms with Crippen molar-refractivity contribution in [3.8, 4) is 11.4 Å². The van der Waals surface area contributed by atoms with Crippen molar-refractivity contribution in [3.05, 3.63) is 78.6 Å². The van der Waals surface area contributed by atoms with E-state index in [0.717, 1.165) is 28.0 Å². The van der Waals surface area contributed by atoms with Gasteiger partial charge in [0.1, 0.15) is 11.9 Å². The highest BCUT2D eigenvalue weighted by molar-refractivity contribution is 7.99. The number of nitrogens with one attached hydrogen (secondary N) is 3. The molecule has 0 aliphatic rings. The van der Waals surface area contributed by atoms with Gasteiger partial charge in [-0.05, 0) is 62.0 Å². The van der Waals surface area contributed by atoms with Crippen LogP contribution in [-0.2, 0) is 4.79 Å². The fraction of sp³-hybridized carbons (Fsp3) is 0.310. The molecular formula is C29H34N6O2S. The van der Waals surface area contributed by atoms with Crippen molar-refractivity contribution in [2.45, 2.75) is 24.8 Å². The number of hydrogen-bond acceptors (Lipinski definition) is 6. The number of aromatic amines is 1. The molecule has 4 rings (SSSR count). The molecule has 0 bridgehead atoms. The van der Waals surface area contributed by atoms with Crippen LogP contribution < -0.4 is 10.6 Å². The number of pyridine rings is 1. The summed E-state index contributed by atoms with van der Waals surface area (Å²) in [7, 11) is 4.03. The van der Waals surface area contributed by atoms with Crippen LogP contribution in [0.2, 0.25) is 0 Å². The third-order valence-electron chi connectivity index (χ3n) is 5.96. The number of rotatable bonds is 11. The van der Waals surface area contributed by atoms with Crippen molar-refractivity contribution in [2.24, 2.45) is 5.41 Å². The number of carbonyl (C=O) groups excluding carboxylic acids is 2. The van der Waals surface area contributed by atoms with Crippen LogP contribution in [-0.4, -0.2) is 70.6 Å². The monoisotopic (exact) mass is 530 g/mol. The smallest absolute Gasteiger partial charge is 0.252 e. The highest BCUT2D eigenvalue weighted by Gasteiger charge is 2.25. The average molecular weight is 531 g/mol. The molecule has 2 heterocycles. The largest absolute Gasteiger partial charge is 0.354 e. The van der Waals surface area contributed by atoms with Crippen LogP contribution in [0.25, 0.3) is 22.4 Å². The van der Waals surface area contributed by atoms with Gasteiger partial charge >= 0.3 is 0 Å². The molecule has 0 radical (unpaired) electrons. The molecule has 9 heteroatoms. The summed E-state index contributed by atoms with van der Waals surface area (Å²) in [4.78, 5) is 41.6. The summed E-state index contributed by atoms with van der Waals surface area (Å²) < 4.78 is 0. The Bertz CT molecular complexity index is 1370. The van der Waals surface area contributed by atoms with E-state index in [2.05, 4.69) is 44.3 Å². The molecule has 2 amide bonds. The normalized spacial score (nSPS) is 12.4. The van der Waals surface area contributed by atoms with Gasteiger partial charge in [0.05, 0.1) is 11.0 Å². The van der Waals surface area contributed by atoms with Gasteiger partial charge in [0.25, 0.3) is 5.91 Å². The van der Waals surface area contributed by atoms with E-state index in [0.29, 0.717) is 23.7 Å². The van der Waals surface area contributed by atoms with Gasteiger partial charge in [-0.15, -0.1) is 11.8 Å². The number of benzene rings is 2. The minimum absolute atomic E-state index is 0.113. The minimum Gasteiger partial charge on any atom is -0.354 e. The molecule has 0 aliphatic carbocycles. The molecule has 198 valence electrons. The number of fused-ring (bicyclic) bond motifs is 1. The molecule has 3 N–H and O–H groups in total. The molecule has 0 saturated carbocycles. The van der Waals surface area contributed by atoms with Crippen LogP contribution in [0.15, 0.2) is 78.0 Å². The maximum Gasteiger partial charge on any atom is 0.252 e. The molecule has 2 aromatic carbocycles. The van der Waals surface area contributed by atoms with E-state index in [4.69, 9.17) is 0 Å². The zero-order valence-electron chi connectivity index (χ0n) is 22.2. The third-order valence-corrected chi connectivity index (χ3v) is 7.07. The first-order valence-corrected chi connectivity index (χ1v) is 13.5. The van der Waals surface area contributed by atoms with Gasteiger partial charge in [-0.2, -0.15) is 0 Å². The molecule has 8 nitrogen and oxygen atoms in total. The Morgan fingerprint density at radius 3 is 2.50 bits per heavy atom. The number of imidazole rings is 1. The fourth-order valence-corrected chi connectivity index (χ4v) is 5.22. The maximum absolute atomic E-state index is 13.3. The molecule has 0 fully saturated rings. The summed E-state index contributed by atoms with van der Waals surface area (Å²) in [6, 6.07) is 18.2. The Hall–Kier alpha value is -3.69. The lowest BCUT2D eigenvalue weighted by Crippen LogP contribution is -2.51. The number of aromatic nitrogens is 3. The van der Waals surface area contributed by atoms with Gasteiger partial charge in [-0.3, -0.25) is 14.6 Å². The first-order valence-electron chi connectivity index (χ1n) is 12.5. The van der Waals surface area contributed by atoms with E-state index in [-0.39, 0.29) is 17.2 Å². The molecule has 0 spiro atoms. The highest BCUT2D eigenvalue weighted by atomic mass is 32.2. The summed E-state index contributed by atoms with van der Waals surface area (Å²) in [5.41, 5.74) is 2.75. The zero-order valence-corrected chi connectivity index (χ0v) is 23.0. The van der Waals surface area contributed by atoms with E-state index in [9.17, 15) is 9.59 Å². The van der Waals surface area contributed by atoms with Crippen molar-refractivity contribution in [1.29, 1.82) is 0 Å². The summed E-state index contributed by atoms with van der Waals surface area (Å²) in [5.74, 6) is 0.607. The van der Waals surface area contributed by atoms with Gasteiger partial charge in [0, 0.05) is 47.3 Å². The van der Waals surface area contributed by atoms with Crippen LogP contribution in [0.4, 0.5) is 0 Å². The highest BCUT2D eigenvalue weighted by Crippen LogP contribution is 2.22. The Morgan fingerprint density at radius 2 is 1.79 bits per heavy atom. The molecule has 0 saturated heterocycles. The summed E-state index contributed by atoms with van der Waals surface area (Å²) in [6.07, 6.45) is 3.42. The lowest BCUT2D eigenvalue weighted by Gasteiger charge is -2.29. The standard InChI is InChI=1S/C29H34N6O2S/c1-29(2,19-35(3)4)18-31-28(37)25(17-38-22-8-6-5-7-9-22)34-27(36)21-10-11-23-24(16-21)33-26(32-23)20-12-14-30-15-13-20/h5-16,25H,17-19H2,1-4H3,(H,31,37)(H,32,33)(H,34,36)/t25-/m0/s1. The van der Waals surface area contributed by atoms with Gasteiger partial charge in [0.2, 0.25) is 5.91 Å². The van der Waals surface area contributed by atoms with Crippen LogP contribution in [0.5, 0.6) is 0 Å². The second-order valence-electron chi connectivity index (χ2n) is 10.3. The van der Waals surface area contributed by atoms with Gasteiger partial charge < -0.3 is 20.5 Å². The molecule has 38 heavy (non-hydrogen) atoms. The van der Waals surface area contributed by atoms with E-state index in [1.54, 1.807) is 24.5 Å². The van der Waals surface area contributed by atoms with E-state index >= 15 is 0 Å². The van der Waals surface area contributed by atoms with E-state index < -0.39 is 6.04 Å². The van der Waals surface area contributed by atoms with Gasteiger partial charge in [-0.1, -0.05) is 32.0 Å². The first-order chi connectivity index (χ1) is 18.2. The van der Waals surface area contributed by atoms with Crippen molar-refractivity contribution in [2.75, 3.05) is 32.9 Å².